The molecule has 0 unspecified atom stereocenters. The standard InChI is InChI=1S/C15H24N4O2/c20-15(21)12-7-16-5-6-18(9-12)10-14-8-17-11-19(14)13-3-1-2-4-13/h8,11-13,16H,1-7,9-10H2,(H,20,21)/t12-/m0/s1. The highest BCUT2D eigenvalue weighted by Gasteiger charge is 2.25. The van der Waals surface area contributed by atoms with E-state index in [1.807, 2.05) is 12.5 Å². The van der Waals surface area contributed by atoms with Gasteiger partial charge in [0, 0.05) is 45.0 Å². The molecule has 1 aromatic rings. The molecule has 1 aliphatic heterocycles. The molecule has 1 aliphatic carbocycles. The van der Waals surface area contributed by atoms with Gasteiger partial charge in [-0.2, -0.15) is 0 Å². The Morgan fingerprint density at radius 2 is 2.24 bits per heavy atom. The minimum Gasteiger partial charge on any atom is -0.481 e. The molecule has 1 saturated carbocycles. The Labute approximate surface area is 125 Å². The van der Waals surface area contributed by atoms with Gasteiger partial charge in [0.25, 0.3) is 0 Å². The smallest absolute Gasteiger partial charge is 0.309 e. The summed E-state index contributed by atoms with van der Waals surface area (Å²) in [4.78, 5) is 17.8. The largest absolute Gasteiger partial charge is 0.481 e. The predicted molar refractivity (Wildman–Crippen MR) is 79.0 cm³/mol. The molecule has 1 saturated heterocycles. The number of imidazole rings is 1. The summed E-state index contributed by atoms with van der Waals surface area (Å²) < 4.78 is 2.31. The molecule has 0 aromatic carbocycles. The van der Waals surface area contributed by atoms with Gasteiger partial charge in [-0.25, -0.2) is 4.98 Å². The van der Waals surface area contributed by atoms with Crippen molar-refractivity contribution in [3.63, 3.8) is 0 Å². The zero-order valence-corrected chi connectivity index (χ0v) is 12.4. The van der Waals surface area contributed by atoms with E-state index >= 15 is 0 Å². The quantitative estimate of drug-likeness (QED) is 0.870. The first kappa shape index (κ1) is 14.5. The van der Waals surface area contributed by atoms with Gasteiger partial charge in [-0.1, -0.05) is 12.8 Å². The second kappa shape index (κ2) is 6.58. The summed E-state index contributed by atoms with van der Waals surface area (Å²) in [6.07, 6.45) is 8.96. The Morgan fingerprint density at radius 3 is 3.00 bits per heavy atom. The number of aliphatic carboxylic acids is 1. The number of carboxylic acid groups (broad SMARTS) is 1. The molecule has 1 aromatic heterocycles. The molecule has 2 heterocycles. The van der Waals surface area contributed by atoms with Crippen molar-refractivity contribution in [3.8, 4) is 0 Å². The van der Waals surface area contributed by atoms with Crippen LogP contribution in [0.2, 0.25) is 0 Å². The molecule has 2 N–H and O–H groups in total. The molecular formula is C15H24N4O2. The lowest BCUT2D eigenvalue weighted by atomic mass is 10.1. The summed E-state index contributed by atoms with van der Waals surface area (Å²) in [6.45, 7) is 3.70. The number of rotatable bonds is 4. The first-order valence-corrected chi connectivity index (χ1v) is 7.90. The molecule has 2 aliphatic rings. The van der Waals surface area contributed by atoms with Crippen LogP contribution in [-0.2, 0) is 11.3 Å². The molecule has 3 rings (SSSR count). The second-order valence-electron chi connectivity index (χ2n) is 6.20. The number of hydrogen-bond donors (Lipinski definition) is 2. The zero-order valence-electron chi connectivity index (χ0n) is 12.4. The average molecular weight is 292 g/mol. The van der Waals surface area contributed by atoms with Gasteiger partial charge in [0.15, 0.2) is 0 Å². The van der Waals surface area contributed by atoms with Crippen LogP contribution in [0.5, 0.6) is 0 Å². The van der Waals surface area contributed by atoms with E-state index in [0.717, 1.165) is 19.6 Å². The highest BCUT2D eigenvalue weighted by Crippen LogP contribution is 2.30. The van der Waals surface area contributed by atoms with E-state index in [9.17, 15) is 9.90 Å². The van der Waals surface area contributed by atoms with E-state index in [0.29, 0.717) is 19.1 Å². The van der Waals surface area contributed by atoms with Crippen molar-refractivity contribution in [2.45, 2.75) is 38.3 Å². The lowest BCUT2D eigenvalue weighted by Crippen LogP contribution is -2.34. The zero-order chi connectivity index (χ0) is 14.7. The Bertz CT molecular complexity index is 482. The van der Waals surface area contributed by atoms with Crippen molar-refractivity contribution in [2.75, 3.05) is 26.2 Å². The van der Waals surface area contributed by atoms with Crippen LogP contribution in [0.1, 0.15) is 37.4 Å². The lowest BCUT2D eigenvalue weighted by molar-refractivity contribution is -0.142. The van der Waals surface area contributed by atoms with Gasteiger partial charge in [0.1, 0.15) is 0 Å². The average Bonchev–Trinajstić information content (AvgIpc) is 3.06. The van der Waals surface area contributed by atoms with Crippen molar-refractivity contribution in [1.29, 1.82) is 0 Å². The van der Waals surface area contributed by atoms with Crippen LogP contribution >= 0.6 is 0 Å². The number of nitrogens with one attached hydrogen (secondary N) is 1. The summed E-state index contributed by atoms with van der Waals surface area (Å²) in [7, 11) is 0. The minimum absolute atomic E-state index is 0.324. The van der Waals surface area contributed by atoms with Crippen molar-refractivity contribution < 1.29 is 9.90 Å². The van der Waals surface area contributed by atoms with E-state index in [1.54, 1.807) is 0 Å². The van der Waals surface area contributed by atoms with Crippen LogP contribution in [0, 0.1) is 5.92 Å². The number of carbonyl (C=O) groups is 1. The van der Waals surface area contributed by atoms with Crippen molar-refractivity contribution in [1.82, 2.24) is 19.8 Å². The molecule has 116 valence electrons. The van der Waals surface area contributed by atoms with Crippen LogP contribution in [0.4, 0.5) is 0 Å². The van der Waals surface area contributed by atoms with E-state index in [2.05, 4.69) is 19.8 Å². The third kappa shape index (κ3) is 3.44. The second-order valence-corrected chi connectivity index (χ2v) is 6.20. The van der Waals surface area contributed by atoms with Gasteiger partial charge < -0.3 is 15.0 Å². The minimum atomic E-state index is -0.710. The van der Waals surface area contributed by atoms with Crippen LogP contribution < -0.4 is 5.32 Å². The predicted octanol–water partition coefficient (Wildman–Crippen LogP) is 1.10. The normalized spacial score (nSPS) is 25.0. The van der Waals surface area contributed by atoms with Gasteiger partial charge in [0.05, 0.1) is 17.9 Å². The van der Waals surface area contributed by atoms with Gasteiger partial charge in [-0.05, 0) is 12.8 Å². The van der Waals surface area contributed by atoms with E-state index in [1.165, 1.54) is 31.4 Å². The first-order valence-electron chi connectivity index (χ1n) is 7.90. The van der Waals surface area contributed by atoms with Crippen LogP contribution in [0.15, 0.2) is 12.5 Å². The summed E-state index contributed by atoms with van der Waals surface area (Å²) in [5.74, 6) is -1.03. The van der Waals surface area contributed by atoms with E-state index in [-0.39, 0.29) is 5.92 Å². The lowest BCUT2D eigenvalue weighted by Gasteiger charge is -2.23. The maximum Gasteiger partial charge on any atom is 0.309 e. The highest BCUT2D eigenvalue weighted by molar-refractivity contribution is 5.70. The molecule has 0 bridgehead atoms. The molecule has 6 nitrogen and oxygen atoms in total. The fourth-order valence-electron chi connectivity index (χ4n) is 3.48. The molecular weight excluding hydrogens is 268 g/mol. The van der Waals surface area contributed by atoms with Crippen molar-refractivity contribution in [3.05, 3.63) is 18.2 Å². The number of hydrogen-bond acceptors (Lipinski definition) is 4. The Balaban J connectivity index is 1.67. The van der Waals surface area contributed by atoms with Gasteiger partial charge >= 0.3 is 5.97 Å². The van der Waals surface area contributed by atoms with E-state index < -0.39 is 5.97 Å². The molecule has 0 spiro atoms. The maximum absolute atomic E-state index is 11.2. The first-order chi connectivity index (χ1) is 10.2. The van der Waals surface area contributed by atoms with Gasteiger partial charge in [0.2, 0.25) is 0 Å². The molecule has 21 heavy (non-hydrogen) atoms. The third-order valence-electron chi connectivity index (χ3n) is 4.67. The molecule has 0 radical (unpaired) electrons. The summed E-state index contributed by atoms with van der Waals surface area (Å²) in [5, 5.41) is 12.5. The Hall–Kier alpha value is -1.40. The molecule has 1 atom stereocenters. The SMILES string of the molecule is O=C(O)[C@H]1CNCCN(Cc2cncn2C2CCCC2)C1. The molecule has 6 heteroatoms. The molecule has 0 amide bonds. The van der Waals surface area contributed by atoms with E-state index in [4.69, 9.17) is 0 Å². The van der Waals surface area contributed by atoms with Crippen molar-refractivity contribution >= 4 is 5.97 Å². The number of carboxylic acids is 1. The van der Waals surface area contributed by atoms with Gasteiger partial charge in [-0.15, -0.1) is 0 Å². The monoisotopic (exact) mass is 292 g/mol. The summed E-state index contributed by atoms with van der Waals surface area (Å²) in [6, 6.07) is 0.586. The number of nitrogens with zero attached hydrogens (tertiary/aromatic N) is 3. The number of aromatic nitrogens is 2. The van der Waals surface area contributed by atoms with Crippen molar-refractivity contribution in [2.24, 2.45) is 5.92 Å². The van der Waals surface area contributed by atoms with Crippen LogP contribution in [-0.4, -0.2) is 51.7 Å². The molecule has 2 fully saturated rings. The summed E-state index contributed by atoms with van der Waals surface area (Å²) >= 11 is 0. The maximum atomic E-state index is 11.2. The fraction of sp³-hybridized carbons (Fsp3) is 0.733. The fourth-order valence-corrected chi connectivity index (χ4v) is 3.48. The topological polar surface area (TPSA) is 70.4 Å². The van der Waals surface area contributed by atoms with Crippen LogP contribution in [0.3, 0.4) is 0 Å². The highest BCUT2D eigenvalue weighted by atomic mass is 16.4. The van der Waals surface area contributed by atoms with Crippen LogP contribution in [0.25, 0.3) is 0 Å². The Morgan fingerprint density at radius 1 is 1.43 bits per heavy atom. The Kier molecular flexibility index (Phi) is 4.55. The third-order valence-corrected chi connectivity index (χ3v) is 4.67. The van der Waals surface area contributed by atoms with Gasteiger partial charge in [-0.3, -0.25) is 9.69 Å². The summed E-state index contributed by atoms with van der Waals surface area (Å²) in [5.41, 5.74) is 1.22.